The summed E-state index contributed by atoms with van der Waals surface area (Å²) in [5.74, 6) is 1.41. The summed E-state index contributed by atoms with van der Waals surface area (Å²) in [6.45, 7) is 2.03. The van der Waals surface area contributed by atoms with E-state index in [4.69, 9.17) is 16.6 Å². The van der Waals surface area contributed by atoms with E-state index in [2.05, 4.69) is 15.8 Å². The number of halogens is 1. The number of pyridine rings is 1. The number of thioether (sulfide) groups is 1. The maximum Gasteiger partial charge on any atom is 0.160 e. The van der Waals surface area contributed by atoms with Crippen LogP contribution < -0.4 is 0 Å². The molecule has 2 aromatic heterocycles. The van der Waals surface area contributed by atoms with Gasteiger partial charge in [-0.05, 0) is 38.2 Å². The van der Waals surface area contributed by atoms with Crippen molar-refractivity contribution in [1.82, 2.24) is 14.5 Å². The molecule has 0 saturated heterocycles. The molecule has 0 spiro atoms. The average Bonchev–Trinajstić information content (AvgIpc) is 3.00. The van der Waals surface area contributed by atoms with Crippen molar-refractivity contribution in [2.75, 3.05) is 6.26 Å². The van der Waals surface area contributed by atoms with Gasteiger partial charge in [-0.1, -0.05) is 6.42 Å². The van der Waals surface area contributed by atoms with E-state index < -0.39 is 0 Å². The first kappa shape index (κ1) is 13.3. The molecule has 1 saturated carbocycles. The molecule has 0 aliphatic heterocycles. The topological polar surface area (TPSA) is 30.7 Å². The van der Waals surface area contributed by atoms with Crippen LogP contribution in [0.2, 0.25) is 0 Å². The standard InChI is InChI=1S/C14H18ClN3S/c1-9-6-7-10-14(16-9)18(13(8-15)17-10)11-4-3-5-12(11)19-2/h6-7,11-12H,3-5,8H2,1-2H3. The van der Waals surface area contributed by atoms with Crippen molar-refractivity contribution in [3.63, 3.8) is 0 Å². The molecule has 2 aromatic rings. The molecule has 5 heteroatoms. The Labute approximate surface area is 122 Å². The molecule has 3 nitrogen and oxygen atoms in total. The molecular formula is C14H18ClN3S. The van der Waals surface area contributed by atoms with Gasteiger partial charge in [-0.15, -0.1) is 11.6 Å². The van der Waals surface area contributed by atoms with E-state index in [1.165, 1.54) is 19.3 Å². The summed E-state index contributed by atoms with van der Waals surface area (Å²) in [6, 6.07) is 4.55. The van der Waals surface area contributed by atoms with Crippen LogP contribution in [-0.2, 0) is 5.88 Å². The first-order valence-corrected chi connectivity index (χ1v) is 8.50. The lowest BCUT2D eigenvalue weighted by Crippen LogP contribution is -2.18. The van der Waals surface area contributed by atoms with Gasteiger partial charge in [0.15, 0.2) is 5.65 Å². The van der Waals surface area contributed by atoms with E-state index in [0.717, 1.165) is 22.7 Å². The SMILES string of the molecule is CSC1CCCC1n1c(CCl)nc2ccc(C)nc21. The molecule has 0 N–H and O–H groups in total. The number of alkyl halides is 1. The summed E-state index contributed by atoms with van der Waals surface area (Å²) in [6.07, 6.45) is 5.96. The number of hydrogen-bond acceptors (Lipinski definition) is 3. The molecule has 1 fully saturated rings. The van der Waals surface area contributed by atoms with Gasteiger partial charge in [-0.25, -0.2) is 9.97 Å². The van der Waals surface area contributed by atoms with Crippen molar-refractivity contribution in [1.29, 1.82) is 0 Å². The van der Waals surface area contributed by atoms with Crippen LogP contribution in [0.5, 0.6) is 0 Å². The van der Waals surface area contributed by atoms with E-state index in [-0.39, 0.29) is 0 Å². The van der Waals surface area contributed by atoms with Gasteiger partial charge in [0.05, 0.1) is 5.88 Å². The van der Waals surface area contributed by atoms with Gasteiger partial charge in [0.1, 0.15) is 11.3 Å². The first-order valence-electron chi connectivity index (χ1n) is 6.68. The highest BCUT2D eigenvalue weighted by Gasteiger charge is 2.31. The number of aryl methyl sites for hydroxylation is 1. The number of imidazole rings is 1. The Morgan fingerprint density at radius 2 is 2.21 bits per heavy atom. The predicted molar refractivity (Wildman–Crippen MR) is 82.0 cm³/mol. The normalized spacial score (nSPS) is 23.3. The van der Waals surface area contributed by atoms with Gasteiger partial charge in [0.25, 0.3) is 0 Å². The van der Waals surface area contributed by atoms with E-state index in [1.54, 1.807) is 0 Å². The van der Waals surface area contributed by atoms with Crippen LogP contribution >= 0.6 is 23.4 Å². The number of hydrogen-bond donors (Lipinski definition) is 0. The number of nitrogens with zero attached hydrogens (tertiary/aromatic N) is 3. The summed E-state index contributed by atoms with van der Waals surface area (Å²) >= 11 is 8.05. The minimum atomic E-state index is 0.451. The van der Waals surface area contributed by atoms with Crippen molar-refractivity contribution in [3.05, 3.63) is 23.7 Å². The zero-order chi connectivity index (χ0) is 13.4. The van der Waals surface area contributed by atoms with E-state index in [9.17, 15) is 0 Å². The van der Waals surface area contributed by atoms with Crippen molar-refractivity contribution in [2.45, 2.75) is 43.4 Å². The smallest absolute Gasteiger partial charge is 0.160 e. The fourth-order valence-corrected chi connectivity index (χ4v) is 4.20. The van der Waals surface area contributed by atoms with Crippen molar-refractivity contribution in [3.8, 4) is 0 Å². The van der Waals surface area contributed by atoms with Gasteiger partial charge < -0.3 is 4.57 Å². The molecule has 0 amide bonds. The zero-order valence-electron chi connectivity index (χ0n) is 11.3. The van der Waals surface area contributed by atoms with Gasteiger partial charge in [0.2, 0.25) is 0 Å². The van der Waals surface area contributed by atoms with Crippen LogP contribution in [0.25, 0.3) is 11.2 Å². The molecular weight excluding hydrogens is 278 g/mol. The molecule has 0 radical (unpaired) electrons. The lowest BCUT2D eigenvalue weighted by atomic mass is 10.2. The molecule has 3 rings (SSSR count). The Balaban J connectivity index is 2.17. The lowest BCUT2D eigenvalue weighted by Gasteiger charge is -2.21. The second kappa shape index (κ2) is 5.33. The van der Waals surface area contributed by atoms with Crippen LogP contribution in [0.3, 0.4) is 0 Å². The Kier molecular flexibility index (Phi) is 3.72. The van der Waals surface area contributed by atoms with E-state index >= 15 is 0 Å². The second-order valence-corrected chi connectivity index (χ2v) is 6.44. The molecule has 102 valence electrons. The van der Waals surface area contributed by atoms with Gasteiger partial charge in [-0.2, -0.15) is 11.8 Å². The Morgan fingerprint density at radius 3 is 2.95 bits per heavy atom. The second-order valence-electron chi connectivity index (χ2n) is 5.10. The third kappa shape index (κ3) is 2.25. The molecule has 19 heavy (non-hydrogen) atoms. The van der Waals surface area contributed by atoms with Gasteiger partial charge in [-0.3, -0.25) is 0 Å². The largest absolute Gasteiger partial charge is 0.307 e. The zero-order valence-corrected chi connectivity index (χ0v) is 12.8. The predicted octanol–water partition coefficient (Wildman–Crippen LogP) is 3.94. The van der Waals surface area contributed by atoms with Gasteiger partial charge in [0, 0.05) is 17.0 Å². The minimum Gasteiger partial charge on any atom is -0.307 e. The van der Waals surface area contributed by atoms with Crippen molar-refractivity contribution >= 4 is 34.5 Å². The molecule has 0 aromatic carbocycles. The quantitative estimate of drug-likeness (QED) is 0.804. The minimum absolute atomic E-state index is 0.451. The average molecular weight is 296 g/mol. The molecule has 0 bridgehead atoms. The number of rotatable bonds is 3. The molecule has 2 heterocycles. The first-order chi connectivity index (χ1) is 9.24. The Morgan fingerprint density at radius 1 is 1.37 bits per heavy atom. The third-order valence-electron chi connectivity index (χ3n) is 3.92. The Bertz CT molecular complexity index is 596. The number of fused-ring (bicyclic) bond motifs is 1. The van der Waals surface area contributed by atoms with Crippen molar-refractivity contribution in [2.24, 2.45) is 0 Å². The summed E-state index contributed by atoms with van der Waals surface area (Å²) < 4.78 is 2.30. The monoisotopic (exact) mass is 295 g/mol. The highest BCUT2D eigenvalue weighted by Crippen LogP contribution is 2.39. The number of aromatic nitrogens is 3. The van der Waals surface area contributed by atoms with Crippen LogP contribution in [-0.4, -0.2) is 26.0 Å². The summed E-state index contributed by atoms with van der Waals surface area (Å²) in [7, 11) is 0. The van der Waals surface area contributed by atoms with Gasteiger partial charge >= 0.3 is 0 Å². The maximum absolute atomic E-state index is 6.09. The molecule has 2 atom stereocenters. The van der Waals surface area contributed by atoms with Crippen LogP contribution in [0.1, 0.15) is 36.8 Å². The van der Waals surface area contributed by atoms with E-state index in [1.807, 2.05) is 30.8 Å². The van der Waals surface area contributed by atoms with E-state index in [0.29, 0.717) is 17.2 Å². The Hall–Kier alpha value is -0.740. The van der Waals surface area contributed by atoms with Crippen LogP contribution in [0.4, 0.5) is 0 Å². The highest BCUT2D eigenvalue weighted by atomic mass is 35.5. The maximum atomic E-state index is 6.09. The fourth-order valence-electron chi connectivity index (χ4n) is 3.03. The third-order valence-corrected chi connectivity index (χ3v) is 5.32. The summed E-state index contributed by atoms with van der Waals surface area (Å²) in [4.78, 5) is 9.33. The molecule has 1 aliphatic rings. The van der Waals surface area contributed by atoms with Crippen LogP contribution in [0, 0.1) is 6.92 Å². The summed E-state index contributed by atoms with van der Waals surface area (Å²) in [5, 5.41) is 0.654. The van der Waals surface area contributed by atoms with Crippen LogP contribution in [0.15, 0.2) is 12.1 Å². The fraction of sp³-hybridized carbons (Fsp3) is 0.571. The summed E-state index contributed by atoms with van der Waals surface area (Å²) in [5.41, 5.74) is 3.00. The molecule has 2 unspecified atom stereocenters. The lowest BCUT2D eigenvalue weighted by molar-refractivity contribution is 0.524. The highest BCUT2D eigenvalue weighted by molar-refractivity contribution is 7.99. The molecule has 1 aliphatic carbocycles. The van der Waals surface area contributed by atoms with Crippen molar-refractivity contribution < 1.29 is 0 Å².